The lowest BCUT2D eigenvalue weighted by Crippen LogP contribution is -2.08. The van der Waals surface area contributed by atoms with E-state index in [0.29, 0.717) is 0 Å². The van der Waals surface area contributed by atoms with Gasteiger partial charge in [-0.1, -0.05) is 29.8 Å². The Labute approximate surface area is 82.4 Å². The normalized spacial score (nSPS) is 12.4. The predicted molar refractivity (Wildman–Crippen MR) is 52.1 cm³/mol. The second-order valence-electron chi connectivity index (χ2n) is 3.36. The second kappa shape index (κ2) is 4.74. The Balaban J connectivity index is 2.78. The first kappa shape index (κ1) is 10.7. The summed E-state index contributed by atoms with van der Waals surface area (Å²) in [6.07, 6.45) is -0.153. The minimum absolute atomic E-state index is 0.153. The van der Waals surface area contributed by atoms with E-state index in [1.807, 2.05) is 19.1 Å². The molecule has 0 spiro atoms. The molecule has 3 heteroatoms. The Hall–Kier alpha value is -1.38. The molecule has 1 atom stereocenters. The van der Waals surface area contributed by atoms with Gasteiger partial charge in [0.05, 0.1) is 13.1 Å². The lowest BCUT2D eigenvalue weighted by molar-refractivity contribution is -0.137. The van der Waals surface area contributed by atoms with Crippen LogP contribution < -0.4 is 0 Å². The molecule has 0 amide bonds. The number of carbonyl (C=O) groups is 1. The van der Waals surface area contributed by atoms with E-state index in [1.165, 1.54) is 0 Å². The summed E-state index contributed by atoms with van der Waals surface area (Å²) in [5, 5.41) is 8.56. The van der Waals surface area contributed by atoms with Crippen molar-refractivity contribution in [1.82, 2.24) is 0 Å². The first-order valence-electron chi connectivity index (χ1n) is 4.48. The monoisotopic (exact) mass is 196 g/mol. The van der Waals surface area contributed by atoms with Gasteiger partial charge in [-0.05, 0) is 12.5 Å². The summed E-state index contributed by atoms with van der Waals surface area (Å²) < 4.78 is 12.5. The van der Waals surface area contributed by atoms with Crippen molar-refractivity contribution >= 4 is 5.97 Å². The van der Waals surface area contributed by atoms with Crippen molar-refractivity contribution < 1.29 is 14.3 Å². The molecule has 0 aromatic heterocycles. The molecule has 76 valence electrons. The minimum Gasteiger partial charge on any atom is -0.481 e. The lowest BCUT2D eigenvalue weighted by Gasteiger charge is -2.10. The number of rotatable bonds is 4. The number of halogens is 1. The number of aryl methyl sites for hydroxylation is 1. The molecule has 0 heterocycles. The first-order valence-corrected chi connectivity index (χ1v) is 4.48. The van der Waals surface area contributed by atoms with E-state index in [4.69, 9.17) is 5.11 Å². The summed E-state index contributed by atoms with van der Waals surface area (Å²) in [6, 6.07) is 7.28. The maximum absolute atomic E-state index is 12.5. The first-order chi connectivity index (χ1) is 6.63. The number of hydrogen-bond donors (Lipinski definition) is 1. The third-order valence-electron chi connectivity index (χ3n) is 2.16. The molecular weight excluding hydrogens is 183 g/mol. The van der Waals surface area contributed by atoms with Gasteiger partial charge in [-0.3, -0.25) is 9.18 Å². The average Bonchev–Trinajstić information content (AvgIpc) is 2.15. The summed E-state index contributed by atoms with van der Waals surface area (Å²) >= 11 is 0. The number of benzene rings is 1. The summed E-state index contributed by atoms with van der Waals surface area (Å²) in [4.78, 5) is 10.4. The highest BCUT2D eigenvalue weighted by Crippen LogP contribution is 2.20. The fourth-order valence-electron chi connectivity index (χ4n) is 1.31. The third-order valence-corrected chi connectivity index (χ3v) is 2.16. The van der Waals surface area contributed by atoms with E-state index in [0.717, 1.165) is 11.1 Å². The van der Waals surface area contributed by atoms with Crippen LogP contribution in [0, 0.1) is 6.92 Å². The fraction of sp³-hybridized carbons (Fsp3) is 0.364. The molecule has 0 aliphatic heterocycles. The zero-order valence-electron chi connectivity index (χ0n) is 8.03. The fourth-order valence-corrected chi connectivity index (χ4v) is 1.31. The van der Waals surface area contributed by atoms with Crippen molar-refractivity contribution in [2.45, 2.75) is 19.3 Å². The SMILES string of the molecule is Cc1ccc(C(CF)CC(=O)O)cc1. The zero-order chi connectivity index (χ0) is 10.6. The molecule has 2 nitrogen and oxygen atoms in total. The molecule has 1 unspecified atom stereocenters. The number of hydrogen-bond acceptors (Lipinski definition) is 1. The van der Waals surface area contributed by atoms with Crippen LogP contribution in [-0.4, -0.2) is 17.8 Å². The molecule has 0 fully saturated rings. The molecule has 1 aromatic carbocycles. The van der Waals surface area contributed by atoms with Crippen molar-refractivity contribution in [2.75, 3.05) is 6.67 Å². The summed E-state index contributed by atoms with van der Waals surface area (Å²) in [5.41, 5.74) is 1.84. The van der Waals surface area contributed by atoms with Crippen LogP contribution in [0.25, 0.3) is 0 Å². The molecule has 0 saturated heterocycles. The maximum Gasteiger partial charge on any atom is 0.304 e. The van der Waals surface area contributed by atoms with Crippen LogP contribution in [0.4, 0.5) is 4.39 Å². The molecule has 14 heavy (non-hydrogen) atoms. The second-order valence-corrected chi connectivity index (χ2v) is 3.36. The highest BCUT2D eigenvalue weighted by Gasteiger charge is 2.14. The van der Waals surface area contributed by atoms with Crippen molar-refractivity contribution in [1.29, 1.82) is 0 Å². The van der Waals surface area contributed by atoms with Crippen LogP contribution in [0.5, 0.6) is 0 Å². The predicted octanol–water partition coefficient (Wildman–Crippen LogP) is 2.52. The van der Waals surface area contributed by atoms with Gasteiger partial charge in [-0.2, -0.15) is 0 Å². The maximum atomic E-state index is 12.5. The van der Waals surface area contributed by atoms with E-state index < -0.39 is 18.6 Å². The van der Waals surface area contributed by atoms with E-state index in [1.54, 1.807) is 12.1 Å². The Morgan fingerprint density at radius 2 is 2.00 bits per heavy atom. The lowest BCUT2D eigenvalue weighted by atomic mass is 9.96. The van der Waals surface area contributed by atoms with Crippen LogP contribution in [0.2, 0.25) is 0 Å². The molecule has 0 radical (unpaired) electrons. The van der Waals surface area contributed by atoms with Crippen molar-refractivity contribution in [3.63, 3.8) is 0 Å². The molecular formula is C11H13FO2. The molecule has 0 bridgehead atoms. The van der Waals surface area contributed by atoms with Gasteiger partial charge in [0, 0.05) is 5.92 Å². The van der Waals surface area contributed by atoms with Crippen LogP contribution in [0.15, 0.2) is 24.3 Å². The van der Waals surface area contributed by atoms with E-state index >= 15 is 0 Å². The largest absolute Gasteiger partial charge is 0.481 e. The summed E-state index contributed by atoms with van der Waals surface area (Å²) in [7, 11) is 0. The van der Waals surface area contributed by atoms with Crippen LogP contribution in [0.3, 0.4) is 0 Å². The number of aliphatic carboxylic acids is 1. The molecule has 0 aliphatic rings. The van der Waals surface area contributed by atoms with E-state index in [2.05, 4.69) is 0 Å². The average molecular weight is 196 g/mol. The minimum atomic E-state index is -0.965. The van der Waals surface area contributed by atoms with Crippen molar-refractivity contribution in [3.8, 4) is 0 Å². The van der Waals surface area contributed by atoms with Crippen molar-refractivity contribution in [3.05, 3.63) is 35.4 Å². The van der Waals surface area contributed by atoms with E-state index in [9.17, 15) is 9.18 Å². The van der Waals surface area contributed by atoms with Crippen LogP contribution in [0.1, 0.15) is 23.5 Å². The van der Waals surface area contributed by atoms with Gasteiger partial charge in [0.2, 0.25) is 0 Å². The van der Waals surface area contributed by atoms with Gasteiger partial charge in [-0.15, -0.1) is 0 Å². The Bertz CT molecular complexity index is 306. The number of carboxylic acids is 1. The molecule has 1 aromatic rings. The van der Waals surface area contributed by atoms with Gasteiger partial charge >= 0.3 is 5.97 Å². The topological polar surface area (TPSA) is 37.3 Å². The Morgan fingerprint density at radius 1 is 1.43 bits per heavy atom. The van der Waals surface area contributed by atoms with Gasteiger partial charge in [0.25, 0.3) is 0 Å². The van der Waals surface area contributed by atoms with Gasteiger partial charge < -0.3 is 5.11 Å². The van der Waals surface area contributed by atoms with Gasteiger partial charge in [0.1, 0.15) is 0 Å². The van der Waals surface area contributed by atoms with E-state index in [-0.39, 0.29) is 6.42 Å². The van der Waals surface area contributed by atoms with Crippen LogP contribution in [-0.2, 0) is 4.79 Å². The number of carboxylic acid groups (broad SMARTS) is 1. The summed E-state index contributed by atoms with van der Waals surface area (Å²) in [6.45, 7) is 1.31. The molecule has 0 aliphatic carbocycles. The van der Waals surface area contributed by atoms with Crippen LogP contribution >= 0.6 is 0 Å². The Kier molecular flexibility index (Phi) is 3.63. The summed E-state index contributed by atoms with van der Waals surface area (Å²) in [5.74, 6) is -1.48. The molecule has 0 saturated carbocycles. The standard InChI is InChI=1S/C11H13FO2/c1-8-2-4-9(5-3-8)10(7-12)6-11(13)14/h2-5,10H,6-7H2,1H3,(H,13,14). The molecule has 1 rings (SSSR count). The van der Waals surface area contributed by atoms with Gasteiger partial charge in [-0.25, -0.2) is 0 Å². The highest BCUT2D eigenvalue weighted by atomic mass is 19.1. The zero-order valence-corrected chi connectivity index (χ0v) is 8.03. The third kappa shape index (κ3) is 2.83. The molecule has 1 N–H and O–H groups in total. The van der Waals surface area contributed by atoms with Crippen molar-refractivity contribution in [2.24, 2.45) is 0 Å². The number of alkyl halides is 1. The smallest absolute Gasteiger partial charge is 0.304 e. The highest BCUT2D eigenvalue weighted by molar-refractivity contribution is 5.68. The quantitative estimate of drug-likeness (QED) is 0.803. The van der Waals surface area contributed by atoms with Gasteiger partial charge in [0.15, 0.2) is 0 Å². The Morgan fingerprint density at radius 3 is 2.43 bits per heavy atom.